The molecule has 0 aromatic heterocycles. The van der Waals surface area contributed by atoms with E-state index in [1.54, 1.807) is 0 Å². The van der Waals surface area contributed by atoms with E-state index in [0.717, 1.165) is 11.4 Å². The van der Waals surface area contributed by atoms with E-state index in [0.29, 0.717) is 11.8 Å². The first kappa shape index (κ1) is 14.0. The Kier molecular flexibility index (Phi) is 4.33. The van der Waals surface area contributed by atoms with Crippen molar-refractivity contribution < 1.29 is 0 Å². The lowest BCUT2D eigenvalue weighted by Gasteiger charge is -2.15. The van der Waals surface area contributed by atoms with Crippen LogP contribution >= 0.6 is 23.2 Å². The van der Waals surface area contributed by atoms with Crippen LogP contribution in [0.2, 0.25) is 5.02 Å². The quantitative estimate of drug-likeness (QED) is 0.664. The topological polar surface area (TPSA) is 0 Å². The maximum Gasteiger partial charge on any atom is 0.0406 e. The number of hydrogen-bond acceptors (Lipinski definition) is 0. The Morgan fingerprint density at radius 3 is 2.45 bits per heavy atom. The zero-order chi connectivity index (χ0) is 13.9. The summed E-state index contributed by atoms with van der Waals surface area (Å²) in [7, 11) is 0. The smallest absolute Gasteiger partial charge is 0.0406 e. The van der Waals surface area contributed by atoms with Crippen LogP contribution in [0.1, 0.15) is 34.6 Å². The van der Waals surface area contributed by atoms with Crippen LogP contribution in [0.25, 0.3) is 0 Å². The molecule has 1 unspecified atom stereocenters. The fourth-order valence-corrected chi connectivity index (χ4v) is 3.45. The van der Waals surface area contributed by atoms with Crippen molar-refractivity contribution in [3.63, 3.8) is 0 Å². The summed E-state index contributed by atoms with van der Waals surface area (Å²) in [5.74, 6) is 0.993. The van der Waals surface area contributed by atoms with E-state index in [1.165, 1.54) is 41.5 Å². The Balaban J connectivity index is 1.79. The number of aryl methyl sites for hydroxylation is 2. The Morgan fingerprint density at radius 2 is 1.70 bits per heavy atom. The largest absolute Gasteiger partial charge is 0.126 e. The van der Waals surface area contributed by atoms with Crippen LogP contribution < -0.4 is 0 Å². The molecule has 2 aromatic carbocycles. The van der Waals surface area contributed by atoms with E-state index < -0.39 is 0 Å². The minimum Gasteiger partial charge on any atom is -0.126 e. The third kappa shape index (κ3) is 3.02. The van der Waals surface area contributed by atoms with Crippen LogP contribution in [-0.2, 0) is 19.3 Å². The van der Waals surface area contributed by atoms with Crippen LogP contribution in [0.4, 0.5) is 0 Å². The van der Waals surface area contributed by atoms with E-state index >= 15 is 0 Å². The predicted octanol–water partition coefficient (Wildman–Crippen LogP) is 5.39. The van der Waals surface area contributed by atoms with Gasteiger partial charge in [-0.05, 0) is 60.1 Å². The Hall–Kier alpha value is -0.980. The van der Waals surface area contributed by atoms with Crippen LogP contribution in [0.5, 0.6) is 0 Å². The van der Waals surface area contributed by atoms with Crippen LogP contribution in [0.15, 0.2) is 42.5 Å². The first-order valence-corrected chi connectivity index (χ1v) is 8.09. The first-order chi connectivity index (χ1) is 9.76. The van der Waals surface area contributed by atoms with Gasteiger partial charge in [0.05, 0.1) is 0 Å². The molecule has 1 atom stereocenters. The molecule has 20 heavy (non-hydrogen) atoms. The Morgan fingerprint density at radius 1 is 0.950 bits per heavy atom. The van der Waals surface area contributed by atoms with E-state index in [1.807, 2.05) is 12.1 Å². The van der Waals surface area contributed by atoms with Crippen molar-refractivity contribution in [2.75, 3.05) is 5.88 Å². The second-order valence-electron chi connectivity index (χ2n) is 5.56. The Labute approximate surface area is 130 Å². The second kappa shape index (κ2) is 6.20. The van der Waals surface area contributed by atoms with Gasteiger partial charge in [0.1, 0.15) is 0 Å². The van der Waals surface area contributed by atoms with Gasteiger partial charge >= 0.3 is 0 Å². The minimum absolute atomic E-state index is 0.355. The molecule has 0 nitrogen and oxygen atoms in total. The molecule has 0 saturated carbocycles. The van der Waals surface area contributed by atoms with Crippen molar-refractivity contribution in [2.45, 2.75) is 31.6 Å². The van der Waals surface area contributed by atoms with Gasteiger partial charge in [-0.1, -0.05) is 41.9 Å². The van der Waals surface area contributed by atoms with Crippen LogP contribution in [0, 0.1) is 0 Å². The zero-order valence-electron chi connectivity index (χ0n) is 11.4. The standard InChI is InChI=1S/C18H18Cl2/c19-12-17(15-6-8-18(20)9-7-15)11-13-4-5-14-2-1-3-16(14)10-13/h4-10,17H,1-3,11-12H2. The SMILES string of the molecule is ClCC(Cc1ccc2c(c1)CCC2)c1ccc(Cl)cc1. The van der Waals surface area contributed by atoms with Crippen molar-refractivity contribution in [1.29, 1.82) is 0 Å². The van der Waals surface area contributed by atoms with Crippen molar-refractivity contribution in [3.8, 4) is 0 Å². The zero-order valence-corrected chi connectivity index (χ0v) is 12.9. The highest BCUT2D eigenvalue weighted by molar-refractivity contribution is 6.30. The lowest BCUT2D eigenvalue weighted by Crippen LogP contribution is -2.05. The lowest BCUT2D eigenvalue weighted by atomic mass is 9.92. The predicted molar refractivity (Wildman–Crippen MR) is 87.1 cm³/mol. The van der Waals surface area contributed by atoms with Gasteiger partial charge in [-0.2, -0.15) is 0 Å². The van der Waals surface area contributed by atoms with Gasteiger partial charge in [0.15, 0.2) is 0 Å². The van der Waals surface area contributed by atoms with Gasteiger partial charge in [-0.15, -0.1) is 11.6 Å². The maximum absolute atomic E-state index is 6.18. The highest BCUT2D eigenvalue weighted by atomic mass is 35.5. The highest BCUT2D eigenvalue weighted by Crippen LogP contribution is 2.27. The number of halogens is 2. The maximum atomic E-state index is 6.18. The fraction of sp³-hybridized carbons (Fsp3) is 0.333. The molecule has 0 bridgehead atoms. The molecule has 3 rings (SSSR count). The molecule has 0 fully saturated rings. The molecular formula is C18H18Cl2. The summed E-state index contributed by atoms with van der Waals surface area (Å²) in [6.07, 6.45) is 4.77. The third-order valence-corrected chi connectivity index (χ3v) is 4.80. The molecule has 0 saturated heterocycles. The minimum atomic E-state index is 0.355. The summed E-state index contributed by atoms with van der Waals surface area (Å²) in [5.41, 5.74) is 5.73. The van der Waals surface area contributed by atoms with E-state index in [9.17, 15) is 0 Å². The third-order valence-electron chi connectivity index (χ3n) is 4.17. The normalized spacial score (nSPS) is 15.1. The van der Waals surface area contributed by atoms with Gasteiger partial charge in [-0.25, -0.2) is 0 Å². The molecule has 1 aliphatic carbocycles. The van der Waals surface area contributed by atoms with Crippen molar-refractivity contribution in [2.24, 2.45) is 0 Å². The molecule has 0 heterocycles. The average molecular weight is 305 g/mol. The summed E-state index contributed by atoms with van der Waals surface area (Å²) in [5, 5.41) is 0.777. The van der Waals surface area contributed by atoms with E-state index in [2.05, 4.69) is 30.3 Å². The number of rotatable bonds is 4. The monoisotopic (exact) mass is 304 g/mol. The summed E-state index contributed by atoms with van der Waals surface area (Å²) >= 11 is 12.1. The van der Waals surface area contributed by atoms with E-state index in [4.69, 9.17) is 23.2 Å². The number of fused-ring (bicyclic) bond motifs is 1. The molecule has 2 aromatic rings. The number of hydrogen-bond donors (Lipinski definition) is 0. The summed E-state index contributed by atoms with van der Waals surface area (Å²) < 4.78 is 0. The van der Waals surface area contributed by atoms with Crippen molar-refractivity contribution >= 4 is 23.2 Å². The average Bonchev–Trinajstić information content (AvgIpc) is 2.93. The highest BCUT2D eigenvalue weighted by Gasteiger charge is 2.14. The van der Waals surface area contributed by atoms with Crippen molar-refractivity contribution in [1.82, 2.24) is 0 Å². The molecule has 0 amide bonds. The van der Waals surface area contributed by atoms with Gasteiger partial charge < -0.3 is 0 Å². The van der Waals surface area contributed by atoms with Gasteiger partial charge in [0.2, 0.25) is 0 Å². The number of benzene rings is 2. The molecule has 1 aliphatic rings. The molecule has 2 heteroatoms. The van der Waals surface area contributed by atoms with Crippen LogP contribution in [0.3, 0.4) is 0 Å². The van der Waals surface area contributed by atoms with Gasteiger partial charge in [0, 0.05) is 16.8 Å². The van der Waals surface area contributed by atoms with Gasteiger partial charge in [0.25, 0.3) is 0 Å². The lowest BCUT2D eigenvalue weighted by molar-refractivity contribution is 0.765. The first-order valence-electron chi connectivity index (χ1n) is 7.18. The fourth-order valence-electron chi connectivity index (χ4n) is 3.03. The molecule has 0 N–H and O–H groups in total. The molecule has 0 aliphatic heterocycles. The molecule has 104 valence electrons. The summed E-state index contributed by atoms with van der Waals surface area (Å²) in [6, 6.07) is 15.0. The summed E-state index contributed by atoms with van der Waals surface area (Å²) in [6.45, 7) is 0. The van der Waals surface area contributed by atoms with Crippen molar-refractivity contribution in [3.05, 3.63) is 69.7 Å². The van der Waals surface area contributed by atoms with Gasteiger partial charge in [-0.3, -0.25) is 0 Å². The number of alkyl halides is 1. The van der Waals surface area contributed by atoms with Crippen LogP contribution in [-0.4, -0.2) is 5.88 Å². The molecule has 0 spiro atoms. The van der Waals surface area contributed by atoms with E-state index in [-0.39, 0.29) is 0 Å². The Bertz CT molecular complexity index is 587. The summed E-state index contributed by atoms with van der Waals surface area (Å²) in [4.78, 5) is 0. The molecular weight excluding hydrogens is 287 g/mol. The molecule has 0 radical (unpaired) electrons. The second-order valence-corrected chi connectivity index (χ2v) is 6.31.